The van der Waals surface area contributed by atoms with Crippen LogP contribution in [0, 0.1) is 0 Å². The fourth-order valence-electron chi connectivity index (χ4n) is 0.770. The molecule has 2 aromatic carbocycles. The minimum atomic E-state index is 0. The molecule has 0 aliphatic heterocycles. The predicted octanol–water partition coefficient (Wildman–Crippen LogP) is 3.37. The summed E-state index contributed by atoms with van der Waals surface area (Å²) >= 11 is 0. The molecule has 2 rings (SSSR count). The van der Waals surface area contributed by atoms with Crippen molar-refractivity contribution in [1.82, 2.24) is 0 Å². The molecule has 0 spiro atoms. The Kier molecular flexibility index (Phi) is 14.6. The third-order valence-corrected chi connectivity index (χ3v) is 1.33. The largest absolute Gasteiger partial charge is 0.0623 e. The summed E-state index contributed by atoms with van der Waals surface area (Å²) in [5, 5.41) is 0. The van der Waals surface area contributed by atoms with Gasteiger partial charge < -0.3 is 0 Å². The van der Waals surface area contributed by atoms with E-state index < -0.39 is 0 Å². The maximum absolute atomic E-state index is 2.00. The topological polar surface area (TPSA) is 0 Å². The van der Waals surface area contributed by atoms with Crippen molar-refractivity contribution in [1.29, 1.82) is 0 Å². The van der Waals surface area contributed by atoms with E-state index >= 15 is 0 Å². The molecule has 0 fully saturated rings. The fraction of sp³-hybridized carbons (Fsp3) is 0. The Morgan fingerprint density at radius 2 is 0.286 bits per heavy atom. The van der Waals surface area contributed by atoms with Crippen LogP contribution in [0.25, 0.3) is 0 Å². The standard InChI is InChI=1S/2C6H6.2Ru/c2*1-2-4-6-5-3-1;;/h2*1-6H;;. The van der Waals surface area contributed by atoms with E-state index in [1.54, 1.807) is 0 Å². The van der Waals surface area contributed by atoms with E-state index in [1.807, 2.05) is 72.8 Å². The summed E-state index contributed by atoms with van der Waals surface area (Å²) in [4.78, 5) is 0. The zero-order valence-electron chi connectivity index (χ0n) is 7.64. The van der Waals surface area contributed by atoms with Gasteiger partial charge in [0.2, 0.25) is 0 Å². The van der Waals surface area contributed by atoms with E-state index in [1.165, 1.54) is 0 Å². The smallest absolute Gasteiger partial charge is 0 e. The molecule has 2 aromatic rings. The van der Waals surface area contributed by atoms with Gasteiger partial charge >= 0.3 is 0 Å². The molecule has 0 atom stereocenters. The number of rotatable bonds is 0. The third kappa shape index (κ3) is 9.77. The van der Waals surface area contributed by atoms with Crippen molar-refractivity contribution in [2.75, 3.05) is 0 Å². The Hall–Kier alpha value is -0.313. The molecular weight excluding hydrogens is 346 g/mol. The van der Waals surface area contributed by atoms with Crippen molar-refractivity contribution in [3.63, 3.8) is 0 Å². The first-order valence-electron chi connectivity index (χ1n) is 4.00. The second-order valence-corrected chi connectivity index (χ2v) is 2.31. The molecule has 0 bridgehead atoms. The van der Waals surface area contributed by atoms with E-state index in [9.17, 15) is 0 Å². The van der Waals surface area contributed by atoms with Crippen LogP contribution in [0.3, 0.4) is 0 Å². The first-order valence-corrected chi connectivity index (χ1v) is 4.00. The summed E-state index contributed by atoms with van der Waals surface area (Å²) in [7, 11) is 0. The molecule has 2 heteroatoms. The van der Waals surface area contributed by atoms with Crippen molar-refractivity contribution in [3.05, 3.63) is 72.8 Å². The average molecular weight is 358 g/mol. The zero-order valence-corrected chi connectivity index (χ0v) is 11.1. The quantitative estimate of drug-likeness (QED) is 0.634. The Morgan fingerprint density at radius 3 is 0.357 bits per heavy atom. The maximum Gasteiger partial charge on any atom is 0 e. The van der Waals surface area contributed by atoms with Crippen molar-refractivity contribution >= 4 is 0 Å². The summed E-state index contributed by atoms with van der Waals surface area (Å²) in [6.45, 7) is 0. The van der Waals surface area contributed by atoms with Crippen LogP contribution in [0.2, 0.25) is 0 Å². The van der Waals surface area contributed by atoms with Crippen LogP contribution in [0.5, 0.6) is 0 Å². The van der Waals surface area contributed by atoms with Gasteiger partial charge in [-0.2, -0.15) is 0 Å². The van der Waals surface area contributed by atoms with E-state index in [-0.39, 0.29) is 39.0 Å². The number of benzene rings is 2. The SMILES string of the molecule is [Ru].[Ru].c1ccccc1.c1ccccc1. The van der Waals surface area contributed by atoms with E-state index in [0.717, 1.165) is 0 Å². The van der Waals surface area contributed by atoms with Crippen molar-refractivity contribution in [2.45, 2.75) is 0 Å². The van der Waals surface area contributed by atoms with Crippen LogP contribution >= 0.6 is 0 Å². The molecule has 0 aromatic heterocycles. The second kappa shape index (κ2) is 12.7. The van der Waals surface area contributed by atoms with Crippen molar-refractivity contribution < 1.29 is 39.0 Å². The van der Waals surface area contributed by atoms with Crippen LogP contribution in [0.1, 0.15) is 0 Å². The van der Waals surface area contributed by atoms with Gasteiger partial charge in [-0.05, 0) is 0 Å². The maximum atomic E-state index is 2.00. The van der Waals surface area contributed by atoms with E-state index in [2.05, 4.69) is 0 Å². The Morgan fingerprint density at radius 1 is 0.214 bits per heavy atom. The molecule has 0 saturated carbocycles. The molecule has 0 saturated heterocycles. The summed E-state index contributed by atoms with van der Waals surface area (Å²) < 4.78 is 0. The van der Waals surface area contributed by atoms with Gasteiger partial charge in [0.15, 0.2) is 0 Å². The molecule has 0 unspecified atom stereocenters. The van der Waals surface area contributed by atoms with Crippen molar-refractivity contribution in [2.24, 2.45) is 0 Å². The Bertz CT molecular complexity index is 184. The molecule has 0 heterocycles. The molecule has 76 valence electrons. The first kappa shape index (κ1) is 16.1. The molecule has 0 amide bonds. The average Bonchev–Trinajstić information content (AvgIpc) is 2.24. The van der Waals surface area contributed by atoms with Gasteiger partial charge in [-0.15, -0.1) is 0 Å². The second-order valence-electron chi connectivity index (χ2n) is 2.31. The summed E-state index contributed by atoms with van der Waals surface area (Å²) in [6, 6.07) is 24.0. The minimum absolute atomic E-state index is 0. The van der Waals surface area contributed by atoms with E-state index in [0.29, 0.717) is 0 Å². The predicted molar refractivity (Wildman–Crippen MR) is 52.9 cm³/mol. The molecule has 0 N–H and O–H groups in total. The Balaban J connectivity index is 0. The van der Waals surface area contributed by atoms with Gasteiger partial charge in [-0.25, -0.2) is 0 Å². The van der Waals surface area contributed by atoms with Gasteiger partial charge in [-0.1, -0.05) is 72.8 Å². The van der Waals surface area contributed by atoms with Gasteiger partial charge in [-0.3, -0.25) is 0 Å². The molecule has 0 aliphatic carbocycles. The first-order chi connectivity index (χ1) is 6.00. The van der Waals surface area contributed by atoms with Gasteiger partial charge in [0.05, 0.1) is 0 Å². The molecule has 0 aliphatic rings. The fourth-order valence-corrected chi connectivity index (χ4v) is 0.770. The van der Waals surface area contributed by atoms with Crippen LogP contribution < -0.4 is 0 Å². The molecule has 14 heavy (non-hydrogen) atoms. The number of hydrogen-bond acceptors (Lipinski definition) is 0. The summed E-state index contributed by atoms with van der Waals surface area (Å²) in [6.07, 6.45) is 0. The van der Waals surface area contributed by atoms with Gasteiger partial charge in [0.1, 0.15) is 0 Å². The van der Waals surface area contributed by atoms with Gasteiger partial charge in [0.25, 0.3) is 0 Å². The van der Waals surface area contributed by atoms with Crippen LogP contribution in [0.4, 0.5) is 0 Å². The molecule has 0 nitrogen and oxygen atoms in total. The molecular formula is C12H12Ru2. The monoisotopic (exact) mass is 360 g/mol. The van der Waals surface area contributed by atoms with Crippen molar-refractivity contribution in [3.8, 4) is 0 Å². The van der Waals surface area contributed by atoms with E-state index in [4.69, 9.17) is 0 Å². The molecule has 0 radical (unpaired) electrons. The van der Waals surface area contributed by atoms with Crippen LogP contribution in [0.15, 0.2) is 72.8 Å². The summed E-state index contributed by atoms with van der Waals surface area (Å²) in [5.74, 6) is 0. The Labute approximate surface area is 111 Å². The number of hydrogen-bond donors (Lipinski definition) is 0. The third-order valence-electron chi connectivity index (χ3n) is 1.33. The summed E-state index contributed by atoms with van der Waals surface area (Å²) in [5.41, 5.74) is 0. The van der Waals surface area contributed by atoms with Gasteiger partial charge in [0, 0.05) is 39.0 Å². The normalized spacial score (nSPS) is 6.86. The minimum Gasteiger partial charge on any atom is -0.0623 e. The zero-order chi connectivity index (χ0) is 8.49. The van der Waals surface area contributed by atoms with Crippen LogP contribution in [-0.4, -0.2) is 0 Å². The van der Waals surface area contributed by atoms with Crippen LogP contribution in [-0.2, 0) is 39.0 Å².